The number of carbonyl (C=O) groups is 1. The van der Waals surface area contributed by atoms with Crippen LogP contribution in [0.3, 0.4) is 0 Å². The molecule has 0 radical (unpaired) electrons. The number of aryl methyl sites for hydroxylation is 1. The average Bonchev–Trinajstić information content (AvgIpc) is 2.84. The van der Waals surface area contributed by atoms with Gasteiger partial charge in [0.15, 0.2) is 0 Å². The zero-order valence-electron chi connectivity index (χ0n) is 10.9. The lowest BCUT2D eigenvalue weighted by Crippen LogP contribution is -2.38. The molecule has 0 aromatic heterocycles. The van der Waals surface area contributed by atoms with Gasteiger partial charge in [0, 0.05) is 19.6 Å². The Balaban J connectivity index is 2.07. The van der Waals surface area contributed by atoms with E-state index in [1.807, 2.05) is 6.92 Å². The van der Waals surface area contributed by atoms with E-state index in [1.54, 1.807) is 30.1 Å². The number of likely N-dealkylation sites (N-methyl/N-ethyl adjacent to an activating group) is 1. The van der Waals surface area contributed by atoms with E-state index >= 15 is 0 Å². The van der Waals surface area contributed by atoms with Gasteiger partial charge in [0.25, 0.3) is 5.91 Å². The number of phenols is 1. The fourth-order valence-electron chi connectivity index (χ4n) is 2.35. The Bertz CT molecular complexity index is 439. The molecule has 0 aliphatic carbocycles. The van der Waals surface area contributed by atoms with E-state index in [1.165, 1.54) is 6.42 Å². The maximum atomic E-state index is 12.2. The third kappa shape index (κ3) is 2.82. The molecule has 0 bridgehead atoms. The second-order valence-electron chi connectivity index (χ2n) is 5.00. The summed E-state index contributed by atoms with van der Waals surface area (Å²) in [5.41, 5.74) is 1.36. The van der Waals surface area contributed by atoms with Crippen LogP contribution in [0.25, 0.3) is 0 Å². The molecule has 1 amide bonds. The summed E-state index contributed by atoms with van der Waals surface area (Å²) in [5.74, 6) is -0.0678. The van der Waals surface area contributed by atoms with Gasteiger partial charge >= 0.3 is 0 Å². The molecule has 1 saturated heterocycles. The maximum absolute atomic E-state index is 12.2. The van der Waals surface area contributed by atoms with Crippen molar-refractivity contribution in [1.29, 1.82) is 0 Å². The molecule has 1 atom stereocenters. The van der Waals surface area contributed by atoms with E-state index < -0.39 is 0 Å². The zero-order chi connectivity index (χ0) is 13.1. The van der Waals surface area contributed by atoms with Gasteiger partial charge in [-0.2, -0.15) is 0 Å². The second kappa shape index (κ2) is 5.40. The van der Waals surface area contributed by atoms with Crippen LogP contribution in [0.15, 0.2) is 18.2 Å². The number of nitrogens with one attached hydrogen (secondary N) is 1. The Labute approximate surface area is 108 Å². The average molecular weight is 248 g/mol. The number of nitrogens with zero attached hydrogens (tertiary/aromatic N) is 1. The largest absolute Gasteiger partial charge is 0.507 e. The van der Waals surface area contributed by atoms with Crippen molar-refractivity contribution in [2.75, 3.05) is 20.1 Å². The summed E-state index contributed by atoms with van der Waals surface area (Å²) >= 11 is 0. The van der Waals surface area contributed by atoms with Gasteiger partial charge in [-0.1, -0.05) is 11.6 Å². The minimum Gasteiger partial charge on any atom is -0.507 e. The van der Waals surface area contributed by atoms with Crippen molar-refractivity contribution >= 4 is 5.91 Å². The highest BCUT2D eigenvalue weighted by molar-refractivity contribution is 5.96. The van der Waals surface area contributed by atoms with E-state index in [-0.39, 0.29) is 11.7 Å². The Hall–Kier alpha value is -1.55. The zero-order valence-corrected chi connectivity index (χ0v) is 10.9. The molecule has 2 rings (SSSR count). The van der Waals surface area contributed by atoms with E-state index in [9.17, 15) is 9.90 Å². The first-order valence-corrected chi connectivity index (χ1v) is 6.36. The highest BCUT2D eigenvalue weighted by Crippen LogP contribution is 2.20. The Kier molecular flexibility index (Phi) is 3.87. The predicted molar refractivity (Wildman–Crippen MR) is 70.8 cm³/mol. The van der Waals surface area contributed by atoms with Crippen molar-refractivity contribution in [3.05, 3.63) is 29.3 Å². The minimum atomic E-state index is -0.120. The van der Waals surface area contributed by atoms with E-state index in [2.05, 4.69) is 5.32 Å². The first-order chi connectivity index (χ1) is 8.58. The standard InChI is InChI=1S/C14H20N2O2/c1-10-5-6-13(17)12(8-10)14(18)16(2)9-11-4-3-7-15-11/h5-6,8,11,15,17H,3-4,7,9H2,1-2H3. The highest BCUT2D eigenvalue weighted by Gasteiger charge is 2.21. The van der Waals surface area contributed by atoms with E-state index in [4.69, 9.17) is 0 Å². The van der Waals surface area contributed by atoms with Gasteiger partial charge in [0.2, 0.25) is 0 Å². The van der Waals surface area contributed by atoms with Crippen LogP contribution >= 0.6 is 0 Å². The molecule has 4 heteroatoms. The molecule has 0 spiro atoms. The summed E-state index contributed by atoms with van der Waals surface area (Å²) in [4.78, 5) is 13.9. The summed E-state index contributed by atoms with van der Waals surface area (Å²) in [6.07, 6.45) is 2.28. The maximum Gasteiger partial charge on any atom is 0.257 e. The molecule has 1 aliphatic heterocycles. The molecule has 1 aromatic rings. The van der Waals surface area contributed by atoms with Gasteiger partial charge in [-0.05, 0) is 38.4 Å². The monoisotopic (exact) mass is 248 g/mol. The van der Waals surface area contributed by atoms with Crippen LogP contribution in [0, 0.1) is 6.92 Å². The Morgan fingerprint density at radius 1 is 1.56 bits per heavy atom. The lowest BCUT2D eigenvalue weighted by Gasteiger charge is -2.22. The Morgan fingerprint density at radius 3 is 3.00 bits per heavy atom. The van der Waals surface area contributed by atoms with Gasteiger partial charge in [-0.25, -0.2) is 0 Å². The smallest absolute Gasteiger partial charge is 0.257 e. The normalized spacial score (nSPS) is 18.9. The molecule has 18 heavy (non-hydrogen) atoms. The first-order valence-electron chi connectivity index (χ1n) is 6.36. The predicted octanol–water partition coefficient (Wildman–Crippen LogP) is 1.52. The number of phenolic OH excluding ortho intramolecular Hbond substituents is 1. The summed E-state index contributed by atoms with van der Waals surface area (Å²) in [7, 11) is 1.78. The number of rotatable bonds is 3. The van der Waals surface area contributed by atoms with Crippen LogP contribution in [-0.4, -0.2) is 42.1 Å². The molecule has 1 unspecified atom stereocenters. The number of hydrogen-bond acceptors (Lipinski definition) is 3. The summed E-state index contributed by atoms with van der Waals surface area (Å²) in [5, 5.41) is 13.1. The molecular weight excluding hydrogens is 228 g/mol. The highest BCUT2D eigenvalue weighted by atomic mass is 16.3. The minimum absolute atomic E-state index is 0.0526. The van der Waals surface area contributed by atoms with Crippen LogP contribution < -0.4 is 5.32 Å². The number of hydrogen-bond donors (Lipinski definition) is 2. The van der Waals surface area contributed by atoms with E-state index in [0.29, 0.717) is 18.2 Å². The quantitative estimate of drug-likeness (QED) is 0.853. The fourth-order valence-corrected chi connectivity index (χ4v) is 2.35. The van der Waals surface area contributed by atoms with Crippen LogP contribution in [0.5, 0.6) is 5.75 Å². The lowest BCUT2D eigenvalue weighted by atomic mass is 10.1. The third-order valence-corrected chi connectivity index (χ3v) is 3.39. The molecular formula is C14H20N2O2. The number of amides is 1. The SMILES string of the molecule is Cc1ccc(O)c(C(=O)N(C)CC2CCCN2)c1. The number of carbonyl (C=O) groups excluding carboxylic acids is 1. The van der Waals surface area contributed by atoms with Gasteiger partial charge in [0.1, 0.15) is 5.75 Å². The lowest BCUT2D eigenvalue weighted by molar-refractivity contribution is 0.0780. The molecule has 4 nitrogen and oxygen atoms in total. The van der Waals surface area contributed by atoms with Gasteiger partial charge in [0.05, 0.1) is 5.56 Å². The van der Waals surface area contributed by atoms with Gasteiger partial charge < -0.3 is 15.3 Å². The van der Waals surface area contributed by atoms with Gasteiger partial charge in [-0.3, -0.25) is 4.79 Å². The molecule has 1 aliphatic rings. The summed E-state index contributed by atoms with van der Waals surface area (Å²) in [6, 6.07) is 5.48. The topological polar surface area (TPSA) is 52.6 Å². The van der Waals surface area contributed by atoms with Crippen molar-refractivity contribution < 1.29 is 9.90 Å². The number of aromatic hydroxyl groups is 1. The molecule has 2 N–H and O–H groups in total. The molecule has 1 fully saturated rings. The molecule has 98 valence electrons. The van der Waals surface area contributed by atoms with Crippen LogP contribution in [-0.2, 0) is 0 Å². The summed E-state index contributed by atoms with van der Waals surface area (Å²) in [6.45, 7) is 3.63. The van der Waals surface area contributed by atoms with Crippen molar-refractivity contribution in [2.45, 2.75) is 25.8 Å². The fraction of sp³-hybridized carbons (Fsp3) is 0.500. The van der Waals surface area contributed by atoms with Crippen LogP contribution in [0.4, 0.5) is 0 Å². The van der Waals surface area contributed by atoms with Crippen molar-refractivity contribution in [1.82, 2.24) is 10.2 Å². The van der Waals surface area contributed by atoms with Crippen molar-refractivity contribution in [2.24, 2.45) is 0 Å². The molecule has 0 saturated carbocycles. The van der Waals surface area contributed by atoms with Crippen molar-refractivity contribution in [3.63, 3.8) is 0 Å². The van der Waals surface area contributed by atoms with E-state index in [0.717, 1.165) is 18.5 Å². The number of benzene rings is 1. The first kappa shape index (κ1) is 12.9. The van der Waals surface area contributed by atoms with Gasteiger partial charge in [-0.15, -0.1) is 0 Å². The Morgan fingerprint density at radius 2 is 2.33 bits per heavy atom. The second-order valence-corrected chi connectivity index (χ2v) is 5.00. The molecule has 1 aromatic carbocycles. The van der Waals surface area contributed by atoms with Crippen LogP contribution in [0.1, 0.15) is 28.8 Å². The van der Waals surface area contributed by atoms with Crippen molar-refractivity contribution in [3.8, 4) is 5.75 Å². The van der Waals surface area contributed by atoms with Crippen LogP contribution in [0.2, 0.25) is 0 Å². The third-order valence-electron chi connectivity index (χ3n) is 3.39. The summed E-state index contributed by atoms with van der Waals surface area (Å²) < 4.78 is 0. The molecule has 1 heterocycles.